The molecule has 0 atom stereocenters. The first-order chi connectivity index (χ1) is 8.13. The maximum absolute atomic E-state index is 10.8. The van der Waals surface area contributed by atoms with Crippen molar-refractivity contribution in [3.05, 3.63) is 0 Å². The lowest BCUT2D eigenvalue weighted by Crippen LogP contribution is -2.28. The average Bonchev–Trinajstić information content (AvgIpc) is 2.57. The third-order valence-electron chi connectivity index (χ3n) is 2.18. The number of hydrogen-bond acceptors (Lipinski definition) is 3. The smallest absolute Gasteiger partial charge is 0.316 e. The van der Waals surface area contributed by atoms with Gasteiger partial charge in [0.1, 0.15) is 0 Å². The number of nitrogens with one attached hydrogen (secondary N) is 2. The quantitative estimate of drug-likeness (QED) is 0.260. The number of nitrogens with two attached hydrogens (primary N) is 1. The third kappa shape index (κ3) is 4.62. The molecule has 94 valence electrons. The molecule has 0 unspecified atom stereocenters. The second-order valence-electron chi connectivity index (χ2n) is 3.67. The lowest BCUT2D eigenvalue weighted by molar-refractivity contribution is -0.135. The van der Waals surface area contributed by atoms with Crippen LogP contribution in [0.1, 0.15) is 32.6 Å². The van der Waals surface area contributed by atoms with E-state index in [0.29, 0.717) is 6.54 Å². The van der Waals surface area contributed by atoms with Crippen LogP contribution in [0.3, 0.4) is 0 Å². The van der Waals surface area contributed by atoms with Gasteiger partial charge in [-0.15, -0.1) is 0 Å². The van der Waals surface area contributed by atoms with E-state index in [9.17, 15) is 9.59 Å². The number of nitrogens with zero attached hydrogens (tertiary/aromatic N) is 2. The molecule has 1 aliphatic heterocycles. The van der Waals surface area contributed by atoms with Crippen LogP contribution in [0.25, 0.3) is 0 Å². The van der Waals surface area contributed by atoms with Crippen molar-refractivity contribution in [3.63, 3.8) is 0 Å². The number of carbonyl (C=O) groups excluding carboxylic acids is 2. The Morgan fingerprint density at radius 1 is 1.18 bits per heavy atom. The van der Waals surface area contributed by atoms with Crippen molar-refractivity contribution >= 4 is 23.7 Å². The van der Waals surface area contributed by atoms with Gasteiger partial charge in [-0.25, -0.2) is 0 Å². The number of unbranched alkanes of at least 4 members (excludes halogenated alkanes) is 3. The Hall–Kier alpha value is -1.92. The van der Waals surface area contributed by atoms with Gasteiger partial charge in [-0.2, -0.15) is 4.99 Å². The highest BCUT2D eigenvalue weighted by molar-refractivity contribution is 6.45. The summed E-state index contributed by atoms with van der Waals surface area (Å²) >= 11 is 0. The summed E-state index contributed by atoms with van der Waals surface area (Å²) in [7, 11) is 0. The molecular formula is C10H17N5O2. The Kier molecular flexibility index (Phi) is 5.12. The number of amides is 2. The Balaban J connectivity index is 2.35. The SMILES string of the molecule is CCCCCCN=C(N)N=C1NC(=O)C(=O)N1. The minimum absolute atomic E-state index is 0.0369. The molecule has 0 aromatic heterocycles. The largest absolute Gasteiger partial charge is 0.368 e. The van der Waals surface area contributed by atoms with Crippen LogP contribution < -0.4 is 16.4 Å². The van der Waals surface area contributed by atoms with E-state index in [-0.39, 0.29) is 11.9 Å². The molecule has 7 heteroatoms. The molecule has 1 heterocycles. The van der Waals surface area contributed by atoms with Gasteiger partial charge in [0.2, 0.25) is 11.9 Å². The minimum Gasteiger partial charge on any atom is -0.368 e. The summed E-state index contributed by atoms with van der Waals surface area (Å²) in [6.45, 7) is 2.74. The molecule has 1 aliphatic rings. The fraction of sp³-hybridized carbons (Fsp3) is 0.600. The van der Waals surface area contributed by atoms with Crippen molar-refractivity contribution in [2.45, 2.75) is 32.6 Å². The zero-order valence-corrected chi connectivity index (χ0v) is 9.82. The highest BCUT2D eigenvalue weighted by Crippen LogP contribution is 1.98. The van der Waals surface area contributed by atoms with Crippen LogP contribution >= 0.6 is 0 Å². The number of hydrogen-bond donors (Lipinski definition) is 3. The summed E-state index contributed by atoms with van der Waals surface area (Å²) in [5.41, 5.74) is 5.52. The normalized spacial score (nSPS) is 15.8. The Morgan fingerprint density at radius 2 is 1.82 bits per heavy atom. The van der Waals surface area contributed by atoms with Crippen molar-refractivity contribution in [2.24, 2.45) is 15.7 Å². The molecule has 7 nitrogen and oxygen atoms in total. The zero-order valence-electron chi connectivity index (χ0n) is 9.82. The Morgan fingerprint density at radius 3 is 2.41 bits per heavy atom. The lowest BCUT2D eigenvalue weighted by Gasteiger charge is -1.97. The monoisotopic (exact) mass is 239 g/mol. The third-order valence-corrected chi connectivity index (χ3v) is 2.18. The molecule has 0 spiro atoms. The zero-order chi connectivity index (χ0) is 12.7. The highest BCUT2D eigenvalue weighted by atomic mass is 16.2. The molecule has 17 heavy (non-hydrogen) atoms. The van der Waals surface area contributed by atoms with Crippen molar-refractivity contribution in [1.29, 1.82) is 0 Å². The fourth-order valence-corrected chi connectivity index (χ4v) is 1.30. The van der Waals surface area contributed by atoms with E-state index in [4.69, 9.17) is 5.73 Å². The van der Waals surface area contributed by atoms with Gasteiger partial charge in [-0.3, -0.25) is 25.2 Å². The van der Waals surface area contributed by atoms with Crippen LogP contribution in [0, 0.1) is 0 Å². The molecule has 0 aromatic carbocycles. The van der Waals surface area contributed by atoms with Crippen LogP contribution in [0.4, 0.5) is 0 Å². The molecule has 1 saturated heterocycles. The van der Waals surface area contributed by atoms with Gasteiger partial charge in [0.25, 0.3) is 0 Å². The number of rotatable bonds is 5. The summed E-state index contributed by atoms with van der Waals surface area (Å²) in [5, 5.41) is 4.47. The van der Waals surface area contributed by atoms with Gasteiger partial charge in [0.05, 0.1) is 0 Å². The van der Waals surface area contributed by atoms with Crippen LogP contribution in [0.2, 0.25) is 0 Å². The summed E-state index contributed by atoms with van der Waals surface area (Å²) in [6, 6.07) is 0. The minimum atomic E-state index is -0.737. The molecule has 2 amide bonds. The van der Waals surface area contributed by atoms with E-state index in [1.165, 1.54) is 12.8 Å². The fourth-order valence-electron chi connectivity index (χ4n) is 1.30. The van der Waals surface area contributed by atoms with Gasteiger partial charge in [-0.05, 0) is 6.42 Å². The van der Waals surface area contributed by atoms with E-state index >= 15 is 0 Å². The van der Waals surface area contributed by atoms with Crippen molar-refractivity contribution in [3.8, 4) is 0 Å². The summed E-state index contributed by atoms with van der Waals surface area (Å²) in [5.74, 6) is -1.38. The molecule has 0 bridgehead atoms. The molecular weight excluding hydrogens is 222 g/mol. The van der Waals surface area contributed by atoms with Crippen molar-refractivity contribution in [2.75, 3.05) is 6.54 Å². The van der Waals surface area contributed by atoms with Crippen LogP contribution in [-0.2, 0) is 9.59 Å². The van der Waals surface area contributed by atoms with Gasteiger partial charge >= 0.3 is 11.8 Å². The summed E-state index contributed by atoms with van der Waals surface area (Å²) in [4.78, 5) is 29.4. The number of aliphatic imine (C=N–C) groups is 2. The maximum Gasteiger partial charge on any atom is 0.316 e. The average molecular weight is 239 g/mol. The van der Waals surface area contributed by atoms with E-state index in [0.717, 1.165) is 12.8 Å². The van der Waals surface area contributed by atoms with E-state index < -0.39 is 11.8 Å². The van der Waals surface area contributed by atoms with Gasteiger partial charge in [-0.1, -0.05) is 26.2 Å². The van der Waals surface area contributed by atoms with Gasteiger partial charge in [0.15, 0.2) is 0 Å². The first-order valence-corrected chi connectivity index (χ1v) is 5.64. The van der Waals surface area contributed by atoms with Crippen LogP contribution in [0.15, 0.2) is 9.98 Å². The van der Waals surface area contributed by atoms with E-state index in [1.54, 1.807) is 0 Å². The van der Waals surface area contributed by atoms with Gasteiger partial charge in [0, 0.05) is 6.54 Å². The predicted octanol–water partition coefficient (Wildman–Crippen LogP) is -0.517. The van der Waals surface area contributed by atoms with E-state index in [1.807, 2.05) is 0 Å². The first kappa shape index (κ1) is 13.1. The molecule has 4 N–H and O–H groups in total. The molecule has 0 radical (unpaired) electrons. The summed E-state index contributed by atoms with van der Waals surface area (Å²) < 4.78 is 0. The predicted molar refractivity (Wildman–Crippen MR) is 64.4 cm³/mol. The van der Waals surface area contributed by atoms with Crippen molar-refractivity contribution < 1.29 is 9.59 Å². The molecule has 0 aliphatic carbocycles. The second kappa shape index (κ2) is 6.62. The standard InChI is InChI=1S/C10H17N5O2/c1-2-3-4-5-6-12-9(11)15-10-13-7(16)8(17)14-10/h2-6H2,1H3,(H4,11,12,13,14,15,16,17). The number of guanidine groups is 2. The molecule has 1 rings (SSSR count). The van der Waals surface area contributed by atoms with Crippen LogP contribution in [0.5, 0.6) is 0 Å². The molecule has 0 aromatic rings. The maximum atomic E-state index is 10.8. The van der Waals surface area contributed by atoms with Gasteiger partial charge < -0.3 is 5.73 Å². The van der Waals surface area contributed by atoms with Crippen LogP contribution in [-0.4, -0.2) is 30.3 Å². The molecule has 0 saturated carbocycles. The van der Waals surface area contributed by atoms with E-state index in [2.05, 4.69) is 27.5 Å². The summed E-state index contributed by atoms with van der Waals surface area (Å²) in [6.07, 6.45) is 4.41. The topological polar surface area (TPSA) is 109 Å². The Bertz CT molecular complexity index is 344. The highest BCUT2D eigenvalue weighted by Gasteiger charge is 2.25. The Labute approximate surface area is 99.6 Å². The first-order valence-electron chi connectivity index (χ1n) is 5.64. The molecule has 1 fully saturated rings. The number of carbonyl (C=O) groups is 2. The lowest BCUT2D eigenvalue weighted by atomic mass is 10.2. The van der Waals surface area contributed by atoms with Crippen molar-refractivity contribution in [1.82, 2.24) is 10.6 Å². The second-order valence-corrected chi connectivity index (χ2v) is 3.67.